The van der Waals surface area contributed by atoms with Crippen molar-refractivity contribution in [2.24, 2.45) is 0 Å². The van der Waals surface area contributed by atoms with Gasteiger partial charge in [0.2, 0.25) is 0 Å². The molecule has 0 saturated carbocycles. The smallest absolute Gasteiger partial charge is 0.178 e. The molecule has 0 atom stereocenters. The number of hydrogen-bond donors (Lipinski definition) is 1. The predicted octanol–water partition coefficient (Wildman–Crippen LogP) is 2.94. The van der Waals surface area contributed by atoms with Gasteiger partial charge in [-0.15, -0.1) is 10.2 Å². The Kier molecular flexibility index (Phi) is 3.74. The SMILES string of the molecule is OCc1ccc(Sc2nncs2)c(Br)c1. The van der Waals surface area contributed by atoms with Gasteiger partial charge in [0.15, 0.2) is 4.34 Å². The van der Waals surface area contributed by atoms with Crippen molar-refractivity contribution in [3.63, 3.8) is 0 Å². The number of aliphatic hydroxyl groups excluding tert-OH is 1. The average Bonchev–Trinajstić information content (AvgIpc) is 2.74. The van der Waals surface area contributed by atoms with Crippen LogP contribution in [-0.2, 0) is 6.61 Å². The Bertz CT molecular complexity index is 447. The zero-order valence-electron chi connectivity index (χ0n) is 7.55. The molecule has 0 aliphatic heterocycles. The Morgan fingerprint density at radius 3 is 2.93 bits per heavy atom. The summed E-state index contributed by atoms with van der Waals surface area (Å²) in [7, 11) is 0. The van der Waals surface area contributed by atoms with Crippen LogP contribution in [0.1, 0.15) is 5.56 Å². The summed E-state index contributed by atoms with van der Waals surface area (Å²) in [6.45, 7) is 0.0579. The van der Waals surface area contributed by atoms with Crippen LogP contribution in [0.2, 0.25) is 0 Å². The van der Waals surface area contributed by atoms with E-state index >= 15 is 0 Å². The lowest BCUT2D eigenvalue weighted by molar-refractivity contribution is 0.281. The van der Waals surface area contributed by atoms with Crippen molar-refractivity contribution in [3.8, 4) is 0 Å². The maximum atomic E-state index is 8.96. The first-order chi connectivity index (χ1) is 7.29. The zero-order chi connectivity index (χ0) is 10.7. The summed E-state index contributed by atoms with van der Waals surface area (Å²) in [5.41, 5.74) is 2.60. The highest BCUT2D eigenvalue weighted by atomic mass is 79.9. The van der Waals surface area contributed by atoms with E-state index in [0.717, 1.165) is 19.3 Å². The van der Waals surface area contributed by atoms with Crippen LogP contribution in [0.15, 0.2) is 37.4 Å². The molecule has 2 aromatic rings. The van der Waals surface area contributed by atoms with Crippen LogP contribution in [0.5, 0.6) is 0 Å². The van der Waals surface area contributed by atoms with E-state index in [4.69, 9.17) is 5.11 Å². The molecule has 0 fully saturated rings. The molecule has 6 heteroatoms. The maximum Gasteiger partial charge on any atom is 0.178 e. The van der Waals surface area contributed by atoms with E-state index in [1.165, 1.54) is 11.3 Å². The second-order valence-corrected chi connectivity index (χ2v) is 5.71. The average molecular weight is 303 g/mol. The molecule has 1 aromatic heterocycles. The number of aromatic nitrogens is 2. The van der Waals surface area contributed by atoms with E-state index in [1.807, 2.05) is 18.2 Å². The molecule has 1 aromatic carbocycles. The first-order valence-electron chi connectivity index (χ1n) is 4.13. The summed E-state index contributed by atoms with van der Waals surface area (Å²) in [6.07, 6.45) is 0. The molecule has 1 heterocycles. The van der Waals surface area contributed by atoms with Gasteiger partial charge in [0, 0.05) is 9.37 Å². The molecule has 1 N–H and O–H groups in total. The van der Waals surface area contributed by atoms with E-state index in [2.05, 4.69) is 26.1 Å². The van der Waals surface area contributed by atoms with Crippen LogP contribution in [0.4, 0.5) is 0 Å². The molecule has 15 heavy (non-hydrogen) atoms. The summed E-state index contributed by atoms with van der Waals surface area (Å²) in [6, 6.07) is 5.76. The second kappa shape index (κ2) is 5.07. The lowest BCUT2D eigenvalue weighted by atomic mass is 10.2. The number of rotatable bonds is 3. The van der Waals surface area contributed by atoms with Crippen molar-refractivity contribution in [1.29, 1.82) is 0 Å². The van der Waals surface area contributed by atoms with Gasteiger partial charge in [0.25, 0.3) is 0 Å². The van der Waals surface area contributed by atoms with E-state index in [-0.39, 0.29) is 6.61 Å². The molecule has 0 radical (unpaired) electrons. The van der Waals surface area contributed by atoms with Gasteiger partial charge in [0.05, 0.1) is 6.61 Å². The minimum absolute atomic E-state index is 0.0579. The summed E-state index contributed by atoms with van der Waals surface area (Å²) in [5, 5.41) is 16.7. The second-order valence-electron chi connectivity index (χ2n) is 2.73. The normalized spacial score (nSPS) is 10.5. The fourth-order valence-corrected chi connectivity index (χ4v) is 3.13. The Morgan fingerprint density at radius 1 is 1.47 bits per heavy atom. The Labute approximate surface area is 104 Å². The van der Waals surface area contributed by atoms with E-state index in [0.29, 0.717) is 0 Å². The Morgan fingerprint density at radius 2 is 2.33 bits per heavy atom. The van der Waals surface area contributed by atoms with Crippen molar-refractivity contribution in [1.82, 2.24) is 10.2 Å². The van der Waals surface area contributed by atoms with Gasteiger partial charge >= 0.3 is 0 Å². The molecule has 0 spiro atoms. The molecule has 0 aliphatic carbocycles. The van der Waals surface area contributed by atoms with Crippen molar-refractivity contribution < 1.29 is 5.11 Å². The zero-order valence-corrected chi connectivity index (χ0v) is 10.8. The maximum absolute atomic E-state index is 8.96. The van der Waals surface area contributed by atoms with Gasteiger partial charge in [0.1, 0.15) is 5.51 Å². The lowest BCUT2D eigenvalue weighted by Crippen LogP contribution is -1.84. The molecule has 2 rings (SSSR count). The van der Waals surface area contributed by atoms with Gasteiger partial charge in [-0.25, -0.2) is 0 Å². The summed E-state index contributed by atoms with van der Waals surface area (Å²) >= 11 is 6.52. The fraction of sp³-hybridized carbons (Fsp3) is 0.111. The van der Waals surface area contributed by atoms with Gasteiger partial charge in [-0.05, 0) is 33.6 Å². The first-order valence-corrected chi connectivity index (χ1v) is 6.62. The van der Waals surface area contributed by atoms with Crippen molar-refractivity contribution in [2.75, 3.05) is 0 Å². The first kappa shape index (κ1) is 11.1. The van der Waals surface area contributed by atoms with Crippen LogP contribution in [0.3, 0.4) is 0 Å². The largest absolute Gasteiger partial charge is 0.392 e. The predicted molar refractivity (Wildman–Crippen MR) is 64.1 cm³/mol. The fourth-order valence-electron chi connectivity index (χ4n) is 1.03. The molecule has 0 unspecified atom stereocenters. The van der Waals surface area contributed by atoms with Gasteiger partial charge in [-0.2, -0.15) is 0 Å². The van der Waals surface area contributed by atoms with Crippen molar-refractivity contribution >= 4 is 39.0 Å². The van der Waals surface area contributed by atoms with Crippen LogP contribution in [0.25, 0.3) is 0 Å². The van der Waals surface area contributed by atoms with Crippen LogP contribution >= 0.6 is 39.0 Å². The Balaban J connectivity index is 2.22. The van der Waals surface area contributed by atoms with Gasteiger partial charge < -0.3 is 5.11 Å². The number of hydrogen-bond acceptors (Lipinski definition) is 5. The molecule has 3 nitrogen and oxygen atoms in total. The monoisotopic (exact) mass is 302 g/mol. The molecular weight excluding hydrogens is 296 g/mol. The van der Waals surface area contributed by atoms with Crippen LogP contribution in [-0.4, -0.2) is 15.3 Å². The van der Waals surface area contributed by atoms with Crippen molar-refractivity contribution in [2.45, 2.75) is 15.8 Å². The third-order valence-corrected chi connectivity index (χ3v) is 4.49. The standard InChI is InChI=1S/C9H7BrN2OS2/c10-7-3-6(4-13)1-2-8(7)15-9-12-11-5-14-9/h1-3,5,13H,4H2. The minimum Gasteiger partial charge on any atom is -0.392 e. The number of halogens is 1. The number of benzene rings is 1. The molecule has 0 saturated heterocycles. The van der Waals surface area contributed by atoms with Gasteiger partial charge in [-0.1, -0.05) is 29.2 Å². The summed E-state index contributed by atoms with van der Waals surface area (Å²) < 4.78 is 1.88. The van der Waals surface area contributed by atoms with E-state index in [9.17, 15) is 0 Å². The van der Waals surface area contributed by atoms with Crippen molar-refractivity contribution in [3.05, 3.63) is 33.7 Å². The molecular formula is C9H7BrN2OS2. The van der Waals surface area contributed by atoms with E-state index < -0.39 is 0 Å². The number of nitrogens with zero attached hydrogens (tertiary/aromatic N) is 2. The lowest BCUT2D eigenvalue weighted by Gasteiger charge is -2.03. The quantitative estimate of drug-likeness (QED) is 0.947. The third-order valence-electron chi connectivity index (χ3n) is 1.72. The topological polar surface area (TPSA) is 46.0 Å². The summed E-state index contributed by atoms with van der Waals surface area (Å²) in [4.78, 5) is 1.07. The third kappa shape index (κ3) is 2.78. The molecule has 0 amide bonds. The number of aliphatic hydroxyl groups is 1. The highest BCUT2D eigenvalue weighted by molar-refractivity contribution is 9.10. The molecule has 0 aliphatic rings. The van der Waals surface area contributed by atoms with E-state index in [1.54, 1.807) is 17.3 Å². The minimum atomic E-state index is 0.0579. The van der Waals surface area contributed by atoms with Crippen LogP contribution < -0.4 is 0 Å². The summed E-state index contributed by atoms with van der Waals surface area (Å²) in [5.74, 6) is 0. The highest BCUT2D eigenvalue weighted by Crippen LogP contribution is 2.34. The Hall–Kier alpha value is -0.430. The molecule has 0 bridgehead atoms. The molecule has 78 valence electrons. The highest BCUT2D eigenvalue weighted by Gasteiger charge is 2.05. The van der Waals surface area contributed by atoms with Gasteiger partial charge in [-0.3, -0.25) is 0 Å². The van der Waals surface area contributed by atoms with Crippen LogP contribution in [0, 0.1) is 0 Å².